The van der Waals surface area contributed by atoms with E-state index in [-0.39, 0.29) is 19.1 Å². The summed E-state index contributed by atoms with van der Waals surface area (Å²) in [5.41, 5.74) is 0.914. The van der Waals surface area contributed by atoms with E-state index in [1.54, 1.807) is 6.07 Å². The SMILES string of the molecule is CC(C)CNC(=O)COc1ccccc1CCO. The maximum absolute atomic E-state index is 11.5. The average molecular weight is 251 g/mol. The number of aliphatic hydroxyl groups is 1. The smallest absolute Gasteiger partial charge is 0.257 e. The molecule has 18 heavy (non-hydrogen) atoms. The molecule has 4 heteroatoms. The van der Waals surface area contributed by atoms with Gasteiger partial charge in [-0.1, -0.05) is 32.0 Å². The minimum atomic E-state index is -0.123. The van der Waals surface area contributed by atoms with Crippen LogP contribution in [0.1, 0.15) is 19.4 Å². The lowest BCUT2D eigenvalue weighted by atomic mass is 10.1. The maximum Gasteiger partial charge on any atom is 0.257 e. The van der Waals surface area contributed by atoms with Gasteiger partial charge in [-0.05, 0) is 24.0 Å². The molecule has 0 aliphatic carbocycles. The summed E-state index contributed by atoms with van der Waals surface area (Å²) >= 11 is 0. The lowest BCUT2D eigenvalue weighted by Crippen LogP contribution is -2.31. The molecule has 1 amide bonds. The Bertz CT molecular complexity index is 377. The van der Waals surface area contributed by atoms with Gasteiger partial charge in [-0.2, -0.15) is 0 Å². The van der Waals surface area contributed by atoms with E-state index in [4.69, 9.17) is 9.84 Å². The average Bonchev–Trinajstić information content (AvgIpc) is 2.35. The summed E-state index contributed by atoms with van der Waals surface area (Å²) in [6.07, 6.45) is 0.532. The van der Waals surface area contributed by atoms with Gasteiger partial charge in [-0.3, -0.25) is 4.79 Å². The second kappa shape index (κ2) is 7.71. The van der Waals surface area contributed by atoms with Crippen molar-refractivity contribution < 1.29 is 14.6 Å². The Labute approximate surface area is 108 Å². The third-order valence-electron chi connectivity index (χ3n) is 2.42. The Hall–Kier alpha value is -1.55. The molecule has 0 aliphatic heterocycles. The van der Waals surface area contributed by atoms with E-state index in [0.717, 1.165) is 5.56 Å². The van der Waals surface area contributed by atoms with Crippen LogP contribution in [0.25, 0.3) is 0 Å². The quantitative estimate of drug-likeness (QED) is 0.769. The van der Waals surface area contributed by atoms with Crippen molar-refractivity contribution in [2.24, 2.45) is 5.92 Å². The van der Waals surface area contributed by atoms with E-state index in [1.807, 2.05) is 32.0 Å². The highest BCUT2D eigenvalue weighted by molar-refractivity contribution is 5.77. The number of amides is 1. The normalized spacial score (nSPS) is 10.4. The van der Waals surface area contributed by atoms with Gasteiger partial charge in [0.2, 0.25) is 0 Å². The second-order valence-electron chi connectivity index (χ2n) is 4.57. The zero-order valence-electron chi connectivity index (χ0n) is 11.0. The fourth-order valence-electron chi connectivity index (χ4n) is 1.48. The van der Waals surface area contributed by atoms with Gasteiger partial charge in [0, 0.05) is 13.2 Å². The van der Waals surface area contributed by atoms with Gasteiger partial charge >= 0.3 is 0 Å². The number of para-hydroxylation sites is 1. The van der Waals surface area contributed by atoms with Crippen molar-refractivity contribution >= 4 is 5.91 Å². The highest BCUT2D eigenvalue weighted by atomic mass is 16.5. The Kier molecular flexibility index (Phi) is 6.22. The molecule has 0 spiro atoms. The Morgan fingerprint density at radius 2 is 2.11 bits per heavy atom. The van der Waals surface area contributed by atoms with Crippen molar-refractivity contribution in [1.82, 2.24) is 5.32 Å². The molecule has 0 heterocycles. The molecule has 4 nitrogen and oxygen atoms in total. The third kappa shape index (κ3) is 5.19. The van der Waals surface area contributed by atoms with Crippen LogP contribution in [-0.4, -0.2) is 30.8 Å². The first kappa shape index (κ1) is 14.5. The maximum atomic E-state index is 11.5. The van der Waals surface area contributed by atoms with Crippen LogP contribution in [0, 0.1) is 5.92 Å². The molecule has 2 N–H and O–H groups in total. The molecule has 1 aromatic rings. The topological polar surface area (TPSA) is 58.6 Å². The number of rotatable bonds is 7. The zero-order chi connectivity index (χ0) is 13.4. The first-order valence-electron chi connectivity index (χ1n) is 6.21. The first-order valence-corrected chi connectivity index (χ1v) is 6.21. The number of benzene rings is 1. The molecule has 0 unspecified atom stereocenters. The van der Waals surface area contributed by atoms with Crippen LogP contribution in [0.2, 0.25) is 0 Å². The molecule has 100 valence electrons. The lowest BCUT2D eigenvalue weighted by Gasteiger charge is -2.11. The monoisotopic (exact) mass is 251 g/mol. The Morgan fingerprint density at radius 1 is 1.39 bits per heavy atom. The first-order chi connectivity index (χ1) is 8.63. The lowest BCUT2D eigenvalue weighted by molar-refractivity contribution is -0.123. The van der Waals surface area contributed by atoms with Crippen LogP contribution in [0.3, 0.4) is 0 Å². The fraction of sp³-hybridized carbons (Fsp3) is 0.500. The van der Waals surface area contributed by atoms with Crippen molar-refractivity contribution in [2.75, 3.05) is 19.8 Å². The zero-order valence-corrected chi connectivity index (χ0v) is 11.0. The summed E-state index contributed by atoms with van der Waals surface area (Å²) < 4.78 is 5.46. The van der Waals surface area contributed by atoms with Crippen molar-refractivity contribution in [3.05, 3.63) is 29.8 Å². The van der Waals surface area contributed by atoms with Gasteiger partial charge in [0.25, 0.3) is 5.91 Å². The van der Waals surface area contributed by atoms with Gasteiger partial charge in [0.1, 0.15) is 5.75 Å². The molecule has 0 fully saturated rings. The minimum Gasteiger partial charge on any atom is -0.483 e. The van der Waals surface area contributed by atoms with Crippen LogP contribution < -0.4 is 10.1 Å². The predicted molar refractivity (Wildman–Crippen MR) is 70.6 cm³/mol. The van der Waals surface area contributed by atoms with E-state index in [1.165, 1.54) is 0 Å². The van der Waals surface area contributed by atoms with Gasteiger partial charge in [-0.15, -0.1) is 0 Å². The van der Waals surface area contributed by atoms with Gasteiger partial charge in [-0.25, -0.2) is 0 Å². The highest BCUT2D eigenvalue weighted by Gasteiger charge is 2.06. The standard InChI is InChI=1S/C14H21NO3/c1-11(2)9-15-14(17)10-18-13-6-4-3-5-12(13)7-8-16/h3-6,11,16H,7-10H2,1-2H3,(H,15,17). The molecule has 0 atom stereocenters. The number of ether oxygens (including phenoxy) is 1. The van der Waals surface area contributed by atoms with Crippen LogP contribution in [0.5, 0.6) is 5.75 Å². The highest BCUT2D eigenvalue weighted by Crippen LogP contribution is 2.17. The summed E-state index contributed by atoms with van der Waals surface area (Å²) in [5, 5.41) is 11.7. The van der Waals surface area contributed by atoms with E-state index in [2.05, 4.69) is 5.32 Å². The molecule has 0 aliphatic rings. The molecule has 0 aromatic heterocycles. The van der Waals surface area contributed by atoms with Crippen LogP contribution in [-0.2, 0) is 11.2 Å². The van der Waals surface area contributed by atoms with Crippen LogP contribution in [0.15, 0.2) is 24.3 Å². The summed E-state index contributed by atoms with van der Waals surface area (Å²) in [6.45, 7) is 4.81. The summed E-state index contributed by atoms with van der Waals surface area (Å²) in [6, 6.07) is 7.43. The molecule has 0 saturated carbocycles. The molecule has 1 aromatic carbocycles. The van der Waals surface area contributed by atoms with Crippen molar-refractivity contribution in [1.29, 1.82) is 0 Å². The van der Waals surface area contributed by atoms with E-state index in [9.17, 15) is 4.79 Å². The molecule has 0 radical (unpaired) electrons. The van der Waals surface area contributed by atoms with E-state index >= 15 is 0 Å². The number of aliphatic hydroxyl groups excluding tert-OH is 1. The largest absolute Gasteiger partial charge is 0.483 e. The van der Waals surface area contributed by atoms with Crippen molar-refractivity contribution in [3.8, 4) is 5.75 Å². The summed E-state index contributed by atoms with van der Waals surface area (Å²) in [5.74, 6) is 0.962. The van der Waals surface area contributed by atoms with Gasteiger partial charge in [0.15, 0.2) is 6.61 Å². The Morgan fingerprint density at radius 3 is 2.78 bits per heavy atom. The number of carbonyl (C=O) groups is 1. The number of carbonyl (C=O) groups excluding carboxylic acids is 1. The van der Waals surface area contributed by atoms with E-state index < -0.39 is 0 Å². The molecule has 0 saturated heterocycles. The summed E-state index contributed by atoms with van der Waals surface area (Å²) in [7, 11) is 0. The van der Waals surface area contributed by atoms with Crippen molar-refractivity contribution in [2.45, 2.75) is 20.3 Å². The van der Waals surface area contributed by atoms with Crippen LogP contribution >= 0.6 is 0 Å². The van der Waals surface area contributed by atoms with E-state index in [0.29, 0.717) is 24.6 Å². The minimum absolute atomic E-state index is 0.00909. The van der Waals surface area contributed by atoms with Gasteiger partial charge < -0.3 is 15.2 Å². The predicted octanol–water partition coefficient (Wildman–Crippen LogP) is 1.37. The number of hydrogen-bond acceptors (Lipinski definition) is 3. The van der Waals surface area contributed by atoms with Crippen LogP contribution in [0.4, 0.5) is 0 Å². The molecular formula is C14H21NO3. The molecule has 0 bridgehead atoms. The Balaban J connectivity index is 2.45. The second-order valence-corrected chi connectivity index (χ2v) is 4.57. The third-order valence-corrected chi connectivity index (χ3v) is 2.42. The molecule has 1 rings (SSSR count). The number of hydrogen-bond donors (Lipinski definition) is 2. The molecular weight excluding hydrogens is 230 g/mol. The summed E-state index contributed by atoms with van der Waals surface area (Å²) in [4.78, 5) is 11.5. The fourth-order valence-corrected chi connectivity index (χ4v) is 1.48. The van der Waals surface area contributed by atoms with Crippen molar-refractivity contribution in [3.63, 3.8) is 0 Å². The number of nitrogens with one attached hydrogen (secondary N) is 1. The van der Waals surface area contributed by atoms with Gasteiger partial charge in [0.05, 0.1) is 0 Å².